The van der Waals surface area contributed by atoms with Crippen LogP contribution in [0.25, 0.3) is 0 Å². The summed E-state index contributed by atoms with van der Waals surface area (Å²) >= 11 is 0. The zero-order valence-corrected chi connectivity index (χ0v) is 13.1. The fourth-order valence-corrected chi connectivity index (χ4v) is 2.09. The molecular formula is C18H21NO3. The van der Waals surface area contributed by atoms with Gasteiger partial charge in [0.25, 0.3) is 5.91 Å². The molecule has 2 aromatic rings. The van der Waals surface area contributed by atoms with Crippen molar-refractivity contribution in [3.8, 4) is 5.75 Å². The SMILES string of the molecule is Cc1ccc(C(=O)N(C)C)cc1OCC(O)c1ccccc1. The fraction of sp³-hybridized carbons (Fsp3) is 0.278. The number of benzene rings is 2. The van der Waals surface area contributed by atoms with Crippen LogP contribution in [0.3, 0.4) is 0 Å². The summed E-state index contributed by atoms with van der Waals surface area (Å²) in [5.41, 5.74) is 2.30. The maximum absolute atomic E-state index is 12.0. The summed E-state index contributed by atoms with van der Waals surface area (Å²) in [6.45, 7) is 2.05. The van der Waals surface area contributed by atoms with Crippen molar-refractivity contribution in [3.05, 3.63) is 65.2 Å². The number of hydrogen-bond donors (Lipinski definition) is 1. The van der Waals surface area contributed by atoms with Crippen LogP contribution in [0.1, 0.15) is 27.6 Å². The molecule has 0 fully saturated rings. The quantitative estimate of drug-likeness (QED) is 0.923. The highest BCUT2D eigenvalue weighted by atomic mass is 16.5. The lowest BCUT2D eigenvalue weighted by Gasteiger charge is -2.16. The minimum Gasteiger partial charge on any atom is -0.490 e. The number of amides is 1. The van der Waals surface area contributed by atoms with Gasteiger partial charge in [-0.3, -0.25) is 4.79 Å². The molecule has 0 aromatic heterocycles. The largest absolute Gasteiger partial charge is 0.490 e. The lowest BCUT2D eigenvalue weighted by molar-refractivity contribution is 0.0826. The van der Waals surface area contributed by atoms with Crippen molar-refractivity contribution in [1.82, 2.24) is 4.90 Å². The third-order valence-electron chi connectivity index (χ3n) is 3.42. The average Bonchev–Trinajstić information content (AvgIpc) is 2.53. The number of hydrogen-bond acceptors (Lipinski definition) is 3. The van der Waals surface area contributed by atoms with Gasteiger partial charge in [-0.1, -0.05) is 36.4 Å². The van der Waals surface area contributed by atoms with Gasteiger partial charge in [-0.2, -0.15) is 0 Å². The van der Waals surface area contributed by atoms with Gasteiger partial charge in [0, 0.05) is 19.7 Å². The summed E-state index contributed by atoms with van der Waals surface area (Å²) in [4.78, 5) is 13.5. The highest BCUT2D eigenvalue weighted by molar-refractivity contribution is 5.94. The molecule has 116 valence electrons. The smallest absolute Gasteiger partial charge is 0.253 e. The van der Waals surface area contributed by atoms with Crippen molar-refractivity contribution in [2.75, 3.05) is 20.7 Å². The second-order valence-electron chi connectivity index (χ2n) is 5.42. The minimum absolute atomic E-state index is 0.0755. The van der Waals surface area contributed by atoms with Gasteiger partial charge in [-0.15, -0.1) is 0 Å². The third kappa shape index (κ3) is 3.86. The maximum Gasteiger partial charge on any atom is 0.253 e. The van der Waals surface area contributed by atoms with E-state index < -0.39 is 6.10 Å². The summed E-state index contributed by atoms with van der Waals surface area (Å²) in [6, 6.07) is 14.7. The Morgan fingerprint density at radius 3 is 2.50 bits per heavy atom. The minimum atomic E-state index is -0.700. The molecule has 1 N–H and O–H groups in total. The van der Waals surface area contributed by atoms with E-state index in [1.807, 2.05) is 43.3 Å². The van der Waals surface area contributed by atoms with Gasteiger partial charge in [-0.25, -0.2) is 0 Å². The Bertz CT molecular complexity index is 638. The Balaban J connectivity index is 2.09. The van der Waals surface area contributed by atoms with Crippen LogP contribution in [0, 0.1) is 6.92 Å². The molecular weight excluding hydrogens is 278 g/mol. The second kappa shape index (κ2) is 7.09. The van der Waals surface area contributed by atoms with Crippen LogP contribution in [0.2, 0.25) is 0 Å². The maximum atomic E-state index is 12.0. The molecule has 0 spiro atoms. The van der Waals surface area contributed by atoms with E-state index >= 15 is 0 Å². The first kappa shape index (κ1) is 16.0. The molecule has 2 aromatic carbocycles. The molecule has 0 radical (unpaired) electrons. The van der Waals surface area contributed by atoms with Gasteiger partial charge < -0.3 is 14.7 Å². The van der Waals surface area contributed by atoms with Gasteiger partial charge in [-0.05, 0) is 30.2 Å². The molecule has 0 aliphatic carbocycles. The zero-order chi connectivity index (χ0) is 16.1. The van der Waals surface area contributed by atoms with Crippen molar-refractivity contribution < 1.29 is 14.6 Å². The Morgan fingerprint density at radius 2 is 1.86 bits per heavy atom. The van der Waals surface area contributed by atoms with E-state index in [0.29, 0.717) is 11.3 Å². The Hall–Kier alpha value is -2.33. The molecule has 0 saturated carbocycles. The molecule has 0 bridgehead atoms. The van der Waals surface area contributed by atoms with Crippen molar-refractivity contribution in [2.45, 2.75) is 13.0 Å². The van der Waals surface area contributed by atoms with E-state index in [-0.39, 0.29) is 12.5 Å². The molecule has 4 nitrogen and oxygen atoms in total. The van der Waals surface area contributed by atoms with Crippen LogP contribution in [0.4, 0.5) is 0 Å². The van der Waals surface area contributed by atoms with E-state index in [1.165, 1.54) is 4.90 Å². The first-order chi connectivity index (χ1) is 10.5. The zero-order valence-electron chi connectivity index (χ0n) is 13.1. The molecule has 22 heavy (non-hydrogen) atoms. The van der Waals surface area contributed by atoms with Crippen LogP contribution in [0.5, 0.6) is 5.75 Å². The number of aliphatic hydroxyl groups is 1. The lowest BCUT2D eigenvalue weighted by Crippen LogP contribution is -2.21. The first-order valence-corrected chi connectivity index (χ1v) is 7.17. The van der Waals surface area contributed by atoms with Crippen molar-refractivity contribution in [1.29, 1.82) is 0 Å². The standard InChI is InChI=1S/C18H21NO3/c1-13-9-10-15(18(21)19(2)3)11-17(13)22-12-16(20)14-7-5-4-6-8-14/h4-11,16,20H,12H2,1-3H3. The number of aliphatic hydroxyl groups excluding tert-OH is 1. The molecule has 0 heterocycles. The van der Waals surface area contributed by atoms with E-state index in [0.717, 1.165) is 11.1 Å². The van der Waals surface area contributed by atoms with Crippen LogP contribution in [-0.2, 0) is 0 Å². The van der Waals surface area contributed by atoms with Crippen LogP contribution >= 0.6 is 0 Å². The van der Waals surface area contributed by atoms with Crippen LogP contribution in [0.15, 0.2) is 48.5 Å². The molecule has 0 aliphatic rings. The second-order valence-corrected chi connectivity index (χ2v) is 5.42. The predicted octanol–water partition coefficient (Wildman–Crippen LogP) is 2.81. The lowest BCUT2D eigenvalue weighted by atomic mass is 10.1. The molecule has 0 saturated heterocycles. The summed E-state index contributed by atoms with van der Waals surface area (Å²) in [5, 5.41) is 10.1. The fourth-order valence-electron chi connectivity index (χ4n) is 2.09. The number of ether oxygens (including phenoxy) is 1. The molecule has 1 atom stereocenters. The summed E-state index contributed by atoms with van der Waals surface area (Å²) in [6.07, 6.45) is -0.700. The molecule has 1 amide bonds. The van der Waals surface area contributed by atoms with E-state index in [4.69, 9.17) is 4.74 Å². The van der Waals surface area contributed by atoms with Gasteiger partial charge in [0.05, 0.1) is 0 Å². The molecule has 2 rings (SSSR count). The van der Waals surface area contributed by atoms with Gasteiger partial charge >= 0.3 is 0 Å². The first-order valence-electron chi connectivity index (χ1n) is 7.17. The highest BCUT2D eigenvalue weighted by Gasteiger charge is 2.12. The van der Waals surface area contributed by atoms with Gasteiger partial charge in [0.2, 0.25) is 0 Å². The van der Waals surface area contributed by atoms with Crippen LogP contribution < -0.4 is 4.74 Å². The van der Waals surface area contributed by atoms with Crippen molar-refractivity contribution in [2.24, 2.45) is 0 Å². The normalized spacial score (nSPS) is 11.8. The van der Waals surface area contributed by atoms with Gasteiger partial charge in [0.15, 0.2) is 0 Å². The molecule has 0 aliphatic heterocycles. The Kier molecular flexibility index (Phi) is 5.17. The van der Waals surface area contributed by atoms with Crippen molar-refractivity contribution >= 4 is 5.91 Å². The average molecular weight is 299 g/mol. The van der Waals surface area contributed by atoms with E-state index in [9.17, 15) is 9.90 Å². The Morgan fingerprint density at radius 1 is 1.18 bits per heavy atom. The van der Waals surface area contributed by atoms with E-state index in [2.05, 4.69) is 0 Å². The predicted molar refractivity (Wildman–Crippen MR) is 86.1 cm³/mol. The number of rotatable bonds is 5. The number of carbonyl (C=O) groups is 1. The monoisotopic (exact) mass is 299 g/mol. The summed E-state index contributed by atoms with van der Waals surface area (Å²) < 4.78 is 5.70. The number of aryl methyl sites for hydroxylation is 1. The number of nitrogens with zero attached hydrogens (tertiary/aromatic N) is 1. The summed E-state index contributed by atoms with van der Waals surface area (Å²) in [5.74, 6) is 0.538. The Labute approximate surface area is 131 Å². The number of carbonyl (C=O) groups excluding carboxylic acids is 1. The van der Waals surface area contributed by atoms with Crippen molar-refractivity contribution in [3.63, 3.8) is 0 Å². The van der Waals surface area contributed by atoms with E-state index in [1.54, 1.807) is 26.2 Å². The molecule has 1 unspecified atom stereocenters. The highest BCUT2D eigenvalue weighted by Crippen LogP contribution is 2.22. The topological polar surface area (TPSA) is 49.8 Å². The van der Waals surface area contributed by atoms with Gasteiger partial charge in [0.1, 0.15) is 18.5 Å². The molecule has 4 heteroatoms. The van der Waals surface area contributed by atoms with Crippen LogP contribution in [-0.4, -0.2) is 36.6 Å². The summed E-state index contributed by atoms with van der Waals surface area (Å²) in [7, 11) is 3.42. The third-order valence-corrected chi connectivity index (χ3v) is 3.42.